The highest BCUT2D eigenvalue weighted by Crippen LogP contribution is 2.32. The lowest BCUT2D eigenvalue weighted by Gasteiger charge is -2.22. The Balaban J connectivity index is 1.94. The molecule has 0 aliphatic heterocycles. The molecule has 0 radical (unpaired) electrons. The van der Waals surface area contributed by atoms with Crippen LogP contribution in [0.5, 0.6) is 5.75 Å². The number of hydrogen-bond donors (Lipinski definition) is 0. The number of amides is 1. The SMILES string of the molecule is COc1ccc2nc(N(CCN(C)C)C(=O)c3ccc(N(C)C)cc3)sc2c1. The van der Waals surface area contributed by atoms with E-state index in [2.05, 4.69) is 4.90 Å². The summed E-state index contributed by atoms with van der Waals surface area (Å²) in [4.78, 5) is 23.8. The summed E-state index contributed by atoms with van der Waals surface area (Å²) in [5.41, 5.74) is 2.58. The van der Waals surface area contributed by atoms with Crippen LogP contribution in [-0.2, 0) is 0 Å². The number of hydrogen-bond acceptors (Lipinski definition) is 6. The molecule has 1 amide bonds. The van der Waals surface area contributed by atoms with Gasteiger partial charge in [-0.05, 0) is 56.6 Å². The van der Waals surface area contributed by atoms with Crippen LogP contribution in [0, 0.1) is 0 Å². The van der Waals surface area contributed by atoms with Gasteiger partial charge in [0.15, 0.2) is 5.13 Å². The molecular weight excluding hydrogens is 372 g/mol. The molecule has 3 aromatic rings. The van der Waals surface area contributed by atoms with Crippen LogP contribution in [0.1, 0.15) is 10.4 Å². The third-order valence-corrected chi connectivity index (χ3v) is 5.50. The summed E-state index contributed by atoms with van der Waals surface area (Å²) in [6.45, 7) is 1.32. The third-order valence-electron chi connectivity index (χ3n) is 4.46. The Labute approximate surface area is 170 Å². The van der Waals surface area contributed by atoms with Gasteiger partial charge in [-0.2, -0.15) is 0 Å². The minimum absolute atomic E-state index is 0.0434. The Morgan fingerprint density at radius 3 is 2.36 bits per heavy atom. The Morgan fingerprint density at radius 1 is 1.04 bits per heavy atom. The Hall–Kier alpha value is -2.64. The summed E-state index contributed by atoms with van der Waals surface area (Å²) in [6, 6.07) is 13.4. The first-order valence-corrected chi connectivity index (χ1v) is 9.89. The van der Waals surface area contributed by atoms with Crippen LogP contribution in [0.15, 0.2) is 42.5 Å². The molecule has 0 N–H and O–H groups in total. The molecule has 1 heterocycles. The largest absolute Gasteiger partial charge is 0.497 e. The van der Waals surface area contributed by atoms with E-state index in [4.69, 9.17) is 9.72 Å². The lowest BCUT2D eigenvalue weighted by Crippen LogP contribution is -2.36. The summed E-state index contributed by atoms with van der Waals surface area (Å²) < 4.78 is 6.31. The Morgan fingerprint density at radius 2 is 1.75 bits per heavy atom. The van der Waals surface area contributed by atoms with E-state index < -0.39 is 0 Å². The van der Waals surface area contributed by atoms with Crippen LogP contribution in [-0.4, -0.2) is 64.2 Å². The van der Waals surface area contributed by atoms with Crippen molar-refractivity contribution >= 4 is 38.3 Å². The second kappa shape index (κ2) is 8.58. The van der Waals surface area contributed by atoms with Gasteiger partial charge in [0.25, 0.3) is 5.91 Å². The van der Waals surface area contributed by atoms with E-state index in [0.29, 0.717) is 17.2 Å². The molecule has 0 bridgehead atoms. The number of ether oxygens (including phenoxy) is 1. The second-order valence-corrected chi connectivity index (χ2v) is 8.04. The molecule has 3 rings (SSSR count). The molecule has 28 heavy (non-hydrogen) atoms. The number of carbonyl (C=O) groups excluding carboxylic acids is 1. The van der Waals surface area contributed by atoms with Crippen molar-refractivity contribution in [2.75, 3.05) is 58.2 Å². The Bertz CT molecular complexity index is 951. The second-order valence-electron chi connectivity index (χ2n) is 7.03. The summed E-state index contributed by atoms with van der Waals surface area (Å²) in [5.74, 6) is 0.742. The van der Waals surface area contributed by atoms with Gasteiger partial charge in [0, 0.05) is 38.4 Å². The zero-order valence-corrected chi connectivity index (χ0v) is 17.8. The van der Waals surface area contributed by atoms with Gasteiger partial charge in [-0.25, -0.2) is 4.98 Å². The van der Waals surface area contributed by atoms with Crippen LogP contribution < -0.4 is 14.5 Å². The molecular formula is C21H26N4O2S. The first-order chi connectivity index (χ1) is 13.4. The molecule has 0 aliphatic rings. The lowest BCUT2D eigenvalue weighted by molar-refractivity contribution is 0.0985. The van der Waals surface area contributed by atoms with Crippen LogP contribution in [0.3, 0.4) is 0 Å². The minimum atomic E-state index is -0.0434. The van der Waals surface area contributed by atoms with E-state index in [1.54, 1.807) is 12.0 Å². The molecule has 0 unspecified atom stereocenters. The van der Waals surface area contributed by atoms with Crippen molar-refractivity contribution in [3.8, 4) is 5.75 Å². The molecule has 1 aromatic heterocycles. The average molecular weight is 399 g/mol. The normalized spacial score (nSPS) is 11.1. The predicted octanol–water partition coefficient (Wildman–Crippen LogP) is 3.58. The maximum Gasteiger partial charge on any atom is 0.260 e. The number of thiazole rings is 1. The molecule has 0 fully saturated rings. The van der Waals surface area contributed by atoms with E-state index in [9.17, 15) is 4.79 Å². The standard InChI is InChI=1S/C21H26N4O2S/c1-23(2)12-13-25(20(26)15-6-8-16(9-7-15)24(3)4)21-22-18-11-10-17(27-5)14-19(18)28-21/h6-11,14H,12-13H2,1-5H3. The molecule has 6 nitrogen and oxygen atoms in total. The molecule has 0 saturated heterocycles. The van der Waals surface area contributed by atoms with E-state index in [0.717, 1.165) is 28.2 Å². The van der Waals surface area contributed by atoms with Crippen molar-refractivity contribution in [3.63, 3.8) is 0 Å². The molecule has 7 heteroatoms. The molecule has 2 aromatic carbocycles. The monoisotopic (exact) mass is 398 g/mol. The lowest BCUT2D eigenvalue weighted by atomic mass is 10.1. The molecule has 0 aliphatic carbocycles. The number of likely N-dealkylation sites (N-methyl/N-ethyl adjacent to an activating group) is 1. The summed E-state index contributed by atoms with van der Waals surface area (Å²) in [5, 5.41) is 0.701. The van der Waals surface area contributed by atoms with Crippen LogP contribution in [0.4, 0.5) is 10.8 Å². The van der Waals surface area contributed by atoms with Crippen molar-refractivity contribution < 1.29 is 9.53 Å². The van der Waals surface area contributed by atoms with Crippen molar-refractivity contribution in [3.05, 3.63) is 48.0 Å². The third kappa shape index (κ3) is 4.43. The number of fused-ring (bicyclic) bond motifs is 1. The number of rotatable bonds is 7. The van der Waals surface area contributed by atoms with Gasteiger partial charge in [-0.1, -0.05) is 11.3 Å². The topological polar surface area (TPSA) is 48.9 Å². The van der Waals surface area contributed by atoms with Crippen LogP contribution >= 0.6 is 11.3 Å². The summed E-state index contributed by atoms with van der Waals surface area (Å²) >= 11 is 1.50. The van der Waals surface area contributed by atoms with Gasteiger partial charge in [-0.3, -0.25) is 9.69 Å². The minimum Gasteiger partial charge on any atom is -0.497 e. The van der Waals surface area contributed by atoms with E-state index in [1.165, 1.54) is 11.3 Å². The van der Waals surface area contributed by atoms with Crippen molar-refractivity contribution in [2.45, 2.75) is 0 Å². The maximum absolute atomic E-state index is 13.3. The van der Waals surface area contributed by atoms with Crippen molar-refractivity contribution in [1.29, 1.82) is 0 Å². The zero-order chi connectivity index (χ0) is 20.3. The quantitative estimate of drug-likeness (QED) is 0.609. The average Bonchev–Trinajstić information content (AvgIpc) is 3.10. The summed E-state index contributed by atoms with van der Waals surface area (Å²) in [7, 11) is 9.61. The number of carbonyl (C=O) groups is 1. The highest BCUT2D eigenvalue weighted by Gasteiger charge is 2.21. The fourth-order valence-corrected chi connectivity index (χ4v) is 3.80. The van der Waals surface area contributed by atoms with E-state index in [1.807, 2.05) is 75.6 Å². The smallest absolute Gasteiger partial charge is 0.260 e. The van der Waals surface area contributed by atoms with Crippen molar-refractivity contribution in [1.82, 2.24) is 9.88 Å². The zero-order valence-electron chi connectivity index (χ0n) is 17.0. The highest BCUT2D eigenvalue weighted by molar-refractivity contribution is 7.22. The van der Waals surface area contributed by atoms with Gasteiger partial charge in [0.05, 0.1) is 17.3 Å². The highest BCUT2D eigenvalue weighted by atomic mass is 32.1. The van der Waals surface area contributed by atoms with Gasteiger partial charge >= 0.3 is 0 Å². The maximum atomic E-state index is 13.3. The van der Waals surface area contributed by atoms with Gasteiger partial charge < -0.3 is 14.5 Å². The van der Waals surface area contributed by atoms with Crippen LogP contribution in [0.2, 0.25) is 0 Å². The van der Waals surface area contributed by atoms with Gasteiger partial charge in [-0.15, -0.1) is 0 Å². The molecule has 0 atom stereocenters. The summed E-state index contributed by atoms with van der Waals surface area (Å²) in [6.07, 6.45) is 0. The number of nitrogens with zero attached hydrogens (tertiary/aromatic N) is 4. The van der Waals surface area contributed by atoms with Crippen LogP contribution in [0.25, 0.3) is 10.2 Å². The Kier molecular flexibility index (Phi) is 6.16. The number of methoxy groups -OCH3 is 1. The molecule has 0 spiro atoms. The van der Waals surface area contributed by atoms with E-state index in [-0.39, 0.29) is 5.91 Å². The molecule has 0 saturated carbocycles. The molecule has 148 valence electrons. The first kappa shape index (κ1) is 20.1. The number of benzene rings is 2. The fourth-order valence-electron chi connectivity index (χ4n) is 2.78. The van der Waals surface area contributed by atoms with Gasteiger partial charge in [0.1, 0.15) is 5.75 Å². The van der Waals surface area contributed by atoms with Crippen molar-refractivity contribution in [2.24, 2.45) is 0 Å². The number of anilines is 2. The fraction of sp³-hybridized carbons (Fsp3) is 0.333. The number of aromatic nitrogens is 1. The predicted molar refractivity (Wildman–Crippen MR) is 117 cm³/mol. The van der Waals surface area contributed by atoms with E-state index >= 15 is 0 Å². The first-order valence-electron chi connectivity index (χ1n) is 9.07. The van der Waals surface area contributed by atoms with Gasteiger partial charge in [0.2, 0.25) is 0 Å².